The number of piperidine rings is 1. The molecule has 0 amide bonds. The summed E-state index contributed by atoms with van der Waals surface area (Å²) in [6.45, 7) is 7.62. The number of fused-ring (bicyclic) bond motifs is 1. The zero-order chi connectivity index (χ0) is 20.8. The van der Waals surface area contributed by atoms with E-state index in [0.717, 1.165) is 58.1 Å². The van der Waals surface area contributed by atoms with Crippen LogP contribution in [0.4, 0.5) is 10.8 Å². The fourth-order valence-corrected chi connectivity index (χ4v) is 5.69. The third-order valence-corrected chi connectivity index (χ3v) is 7.24. The molecule has 0 radical (unpaired) electrons. The topological polar surface area (TPSA) is 99.1 Å². The van der Waals surface area contributed by atoms with Gasteiger partial charge in [0.2, 0.25) is 0 Å². The van der Waals surface area contributed by atoms with Crippen LogP contribution in [0.15, 0.2) is 31.0 Å². The number of likely N-dealkylation sites (tertiary alicyclic amines) is 1. The molecular weight excluding hydrogens is 410 g/mol. The number of nitrogens with one attached hydrogen (secondary N) is 3. The molecule has 9 nitrogen and oxygen atoms in total. The fourth-order valence-electron chi connectivity index (χ4n) is 4.83. The first-order valence-corrected chi connectivity index (χ1v) is 11.5. The van der Waals surface area contributed by atoms with Crippen molar-refractivity contribution < 1.29 is 0 Å². The lowest BCUT2D eigenvalue weighted by Crippen LogP contribution is -2.59. The van der Waals surface area contributed by atoms with Crippen molar-refractivity contribution in [2.24, 2.45) is 5.41 Å². The molecule has 0 aromatic carbocycles. The van der Waals surface area contributed by atoms with Crippen LogP contribution in [0, 0.1) is 12.3 Å². The van der Waals surface area contributed by atoms with Gasteiger partial charge in [-0.15, -0.1) is 0 Å². The van der Waals surface area contributed by atoms with Crippen LogP contribution in [0.25, 0.3) is 16.9 Å². The van der Waals surface area contributed by atoms with Gasteiger partial charge in [-0.2, -0.15) is 5.10 Å². The van der Waals surface area contributed by atoms with Crippen LogP contribution in [-0.4, -0.2) is 60.6 Å². The van der Waals surface area contributed by atoms with Gasteiger partial charge in [0, 0.05) is 31.0 Å². The van der Waals surface area contributed by atoms with Crippen LogP contribution in [0.2, 0.25) is 0 Å². The molecule has 160 valence electrons. The van der Waals surface area contributed by atoms with E-state index in [0.29, 0.717) is 5.41 Å². The molecule has 3 N–H and O–H groups in total. The van der Waals surface area contributed by atoms with Crippen LogP contribution in [0.5, 0.6) is 0 Å². The number of anilines is 2. The Morgan fingerprint density at radius 3 is 2.84 bits per heavy atom. The minimum atomic E-state index is 0.550. The predicted octanol–water partition coefficient (Wildman–Crippen LogP) is 2.81. The Kier molecular flexibility index (Phi) is 4.51. The fraction of sp³-hybridized carbons (Fsp3) is 0.429. The Morgan fingerprint density at radius 1 is 1.16 bits per heavy atom. The van der Waals surface area contributed by atoms with Crippen molar-refractivity contribution in [3.8, 4) is 11.3 Å². The second-order valence-corrected chi connectivity index (χ2v) is 9.81. The van der Waals surface area contributed by atoms with Crippen molar-refractivity contribution in [3.63, 3.8) is 0 Å². The number of hydrogen-bond donors (Lipinski definition) is 3. The van der Waals surface area contributed by atoms with Crippen molar-refractivity contribution in [2.75, 3.05) is 31.5 Å². The smallest absolute Gasteiger partial charge is 0.180 e. The second-order valence-electron chi connectivity index (χ2n) is 8.69. The van der Waals surface area contributed by atoms with Crippen LogP contribution in [-0.2, 0) is 6.54 Å². The summed E-state index contributed by atoms with van der Waals surface area (Å²) in [7, 11) is 0. The van der Waals surface area contributed by atoms with Crippen molar-refractivity contribution >= 4 is 27.8 Å². The van der Waals surface area contributed by atoms with Gasteiger partial charge < -0.3 is 10.6 Å². The minimum Gasteiger partial charge on any atom is -0.327 e. The maximum absolute atomic E-state index is 4.69. The van der Waals surface area contributed by atoms with Gasteiger partial charge in [0.25, 0.3) is 0 Å². The maximum Gasteiger partial charge on any atom is 0.180 e. The van der Waals surface area contributed by atoms with E-state index in [9.17, 15) is 0 Å². The number of nitrogens with zero attached hydrogens (tertiary/aromatic N) is 6. The van der Waals surface area contributed by atoms with E-state index in [1.165, 1.54) is 25.9 Å². The highest BCUT2D eigenvalue weighted by Gasteiger charge is 2.43. The molecule has 0 unspecified atom stereocenters. The van der Waals surface area contributed by atoms with E-state index in [-0.39, 0.29) is 0 Å². The summed E-state index contributed by atoms with van der Waals surface area (Å²) in [5.74, 6) is 0.738. The quantitative estimate of drug-likeness (QED) is 0.443. The number of rotatable bonds is 5. The summed E-state index contributed by atoms with van der Waals surface area (Å²) in [6.07, 6.45) is 12.0. The Labute approximate surface area is 183 Å². The molecule has 31 heavy (non-hydrogen) atoms. The highest BCUT2D eigenvalue weighted by atomic mass is 32.1. The Bertz CT molecular complexity index is 1200. The number of thiazole rings is 1. The highest BCUT2D eigenvalue weighted by molar-refractivity contribution is 7.15. The molecule has 0 saturated carbocycles. The molecule has 6 heterocycles. The first kappa shape index (κ1) is 18.9. The molecule has 1 spiro atoms. The molecule has 6 rings (SSSR count). The van der Waals surface area contributed by atoms with Crippen LogP contribution >= 0.6 is 11.3 Å². The van der Waals surface area contributed by atoms with Crippen molar-refractivity contribution in [3.05, 3.63) is 41.7 Å². The van der Waals surface area contributed by atoms with Gasteiger partial charge >= 0.3 is 0 Å². The summed E-state index contributed by atoms with van der Waals surface area (Å²) in [5.41, 5.74) is 4.22. The van der Waals surface area contributed by atoms with Crippen LogP contribution in [0.1, 0.15) is 23.5 Å². The molecule has 2 saturated heterocycles. The molecule has 2 fully saturated rings. The summed E-state index contributed by atoms with van der Waals surface area (Å²) in [5, 5.41) is 16.0. The van der Waals surface area contributed by atoms with E-state index in [4.69, 9.17) is 4.98 Å². The zero-order valence-electron chi connectivity index (χ0n) is 17.4. The number of aryl methyl sites for hydroxylation is 1. The molecule has 2 aliphatic rings. The SMILES string of the molecule is Cc1cn2c(-c3cn[nH]c3)cnc2c(Nc2cnc(CN3CC4(CCNCC4)C3)s2)n1. The van der Waals surface area contributed by atoms with Crippen LogP contribution < -0.4 is 10.6 Å². The van der Waals surface area contributed by atoms with Gasteiger partial charge in [0.05, 0.1) is 36.5 Å². The average Bonchev–Trinajstić information content (AvgIpc) is 3.48. The lowest BCUT2D eigenvalue weighted by Gasteiger charge is -2.52. The summed E-state index contributed by atoms with van der Waals surface area (Å²) in [6, 6.07) is 0. The van der Waals surface area contributed by atoms with Crippen molar-refractivity contribution in [2.45, 2.75) is 26.3 Å². The van der Waals surface area contributed by atoms with Gasteiger partial charge in [-0.25, -0.2) is 15.0 Å². The lowest BCUT2D eigenvalue weighted by molar-refractivity contribution is -0.0282. The van der Waals surface area contributed by atoms with E-state index < -0.39 is 0 Å². The summed E-state index contributed by atoms with van der Waals surface area (Å²) in [4.78, 5) is 16.5. The molecule has 2 aliphatic heterocycles. The van der Waals surface area contributed by atoms with E-state index in [1.54, 1.807) is 17.5 Å². The molecule has 0 atom stereocenters. The van der Waals surface area contributed by atoms with Crippen molar-refractivity contribution in [1.82, 2.24) is 39.8 Å². The minimum absolute atomic E-state index is 0.550. The van der Waals surface area contributed by atoms with Gasteiger partial charge in [-0.1, -0.05) is 11.3 Å². The molecular formula is C21H25N9S. The highest BCUT2D eigenvalue weighted by Crippen LogP contribution is 2.39. The number of aromatic amines is 1. The number of H-pyrrole nitrogens is 1. The molecule has 0 bridgehead atoms. The van der Waals surface area contributed by atoms with E-state index in [2.05, 4.69) is 40.1 Å². The summed E-state index contributed by atoms with van der Waals surface area (Å²) >= 11 is 1.69. The Hall–Kier alpha value is -2.82. The molecule has 0 aliphatic carbocycles. The second kappa shape index (κ2) is 7.40. The number of hydrogen-bond acceptors (Lipinski definition) is 8. The molecule has 4 aromatic rings. The predicted molar refractivity (Wildman–Crippen MR) is 121 cm³/mol. The monoisotopic (exact) mass is 435 g/mol. The summed E-state index contributed by atoms with van der Waals surface area (Å²) < 4.78 is 2.05. The lowest BCUT2D eigenvalue weighted by atomic mass is 9.72. The number of imidazole rings is 1. The maximum atomic E-state index is 4.69. The van der Waals surface area contributed by atoms with E-state index >= 15 is 0 Å². The largest absolute Gasteiger partial charge is 0.327 e. The van der Waals surface area contributed by atoms with E-state index in [1.807, 2.05) is 31.7 Å². The Morgan fingerprint density at radius 2 is 2.03 bits per heavy atom. The molecule has 10 heteroatoms. The Balaban J connectivity index is 1.18. The number of aromatic nitrogens is 6. The van der Waals surface area contributed by atoms with Gasteiger partial charge in [-0.05, 0) is 38.3 Å². The third-order valence-electron chi connectivity index (χ3n) is 6.34. The third kappa shape index (κ3) is 3.50. The first-order valence-electron chi connectivity index (χ1n) is 10.7. The first-order chi connectivity index (χ1) is 15.2. The van der Waals surface area contributed by atoms with Gasteiger partial charge in [-0.3, -0.25) is 14.4 Å². The van der Waals surface area contributed by atoms with Gasteiger partial charge in [0.15, 0.2) is 11.5 Å². The standard InChI is InChI=1S/C21H25N9S/c1-14-10-30-16(15-6-25-26-7-15)8-24-20(30)19(27-14)28-17-9-23-18(31-17)11-29-12-21(13-29)2-4-22-5-3-21/h6-10,22H,2-5,11-13H2,1H3,(H,25,26)(H,27,28). The molecule has 4 aromatic heterocycles. The average molecular weight is 436 g/mol. The van der Waals surface area contributed by atoms with Crippen molar-refractivity contribution in [1.29, 1.82) is 0 Å². The normalized spacial score (nSPS) is 18.5. The van der Waals surface area contributed by atoms with Gasteiger partial charge in [0.1, 0.15) is 10.0 Å². The zero-order valence-corrected chi connectivity index (χ0v) is 18.2. The van der Waals surface area contributed by atoms with Crippen LogP contribution in [0.3, 0.4) is 0 Å².